The fourth-order valence-corrected chi connectivity index (χ4v) is 4.08. The lowest BCUT2D eigenvalue weighted by atomic mass is 9.78. The molecule has 0 saturated carbocycles. The molecule has 1 N–H and O–H groups in total. The van der Waals surface area contributed by atoms with Gasteiger partial charge in [-0.25, -0.2) is 9.18 Å². The molecule has 27 heavy (non-hydrogen) atoms. The van der Waals surface area contributed by atoms with Gasteiger partial charge in [0.2, 0.25) is 5.91 Å². The molecule has 1 aromatic rings. The second kappa shape index (κ2) is 8.15. The first-order chi connectivity index (χ1) is 13.0. The van der Waals surface area contributed by atoms with Gasteiger partial charge in [0.15, 0.2) is 0 Å². The Bertz CT molecular complexity index is 712. The van der Waals surface area contributed by atoms with Crippen molar-refractivity contribution in [3.8, 4) is 5.75 Å². The summed E-state index contributed by atoms with van der Waals surface area (Å²) in [7, 11) is 1.54. The lowest BCUT2D eigenvalue weighted by Gasteiger charge is -2.39. The molecule has 2 aliphatic heterocycles. The summed E-state index contributed by atoms with van der Waals surface area (Å²) in [4.78, 5) is 28.9. The average molecular weight is 377 g/mol. The average Bonchev–Trinajstić information content (AvgIpc) is 3.10. The molecule has 0 aliphatic carbocycles. The highest BCUT2D eigenvalue weighted by Crippen LogP contribution is 2.40. The van der Waals surface area contributed by atoms with E-state index in [1.807, 2.05) is 6.92 Å². The topological polar surface area (TPSA) is 61.9 Å². The predicted octanol–water partition coefficient (Wildman–Crippen LogP) is 2.77. The van der Waals surface area contributed by atoms with E-state index in [1.54, 1.807) is 21.9 Å². The Labute approximate surface area is 159 Å². The number of likely N-dealkylation sites (tertiary alicyclic amines) is 2. The zero-order valence-corrected chi connectivity index (χ0v) is 16.1. The smallest absolute Gasteiger partial charge is 0.317 e. The summed E-state index contributed by atoms with van der Waals surface area (Å²) in [5, 5.41) is 2.88. The van der Waals surface area contributed by atoms with E-state index in [2.05, 4.69) is 5.32 Å². The van der Waals surface area contributed by atoms with Crippen LogP contribution in [-0.4, -0.2) is 55.0 Å². The van der Waals surface area contributed by atoms with Crippen LogP contribution in [0, 0.1) is 11.2 Å². The first-order valence-corrected chi connectivity index (χ1v) is 9.63. The normalized spacial score (nSPS) is 22.4. The van der Waals surface area contributed by atoms with Crippen molar-refractivity contribution in [3.05, 3.63) is 29.6 Å². The highest BCUT2D eigenvalue weighted by Gasteiger charge is 2.49. The van der Waals surface area contributed by atoms with Gasteiger partial charge in [0.05, 0.1) is 12.5 Å². The molecule has 1 aromatic carbocycles. The molecule has 1 atom stereocenters. The number of nitrogens with zero attached hydrogens (tertiary/aromatic N) is 2. The minimum atomic E-state index is -0.531. The van der Waals surface area contributed by atoms with Crippen LogP contribution < -0.4 is 10.1 Å². The second-order valence-corrected chi connectivity index (χ2v) is 7.47. The van der Waals surface area contributed by atoms with Crippen LogP contribution in [0.5, 0.6) is 5.75 Å². The molecule has 7 heteroatoms. The molecule has 2 heterocycles. The summed E-state index contributed by atoms with van der Waals surface area (Å²) < 4.78 is 19.4. The van der Waals surface area contributed by atoms with E-state index in [1.165, 1.54) is 13.2 Å². The third-order valence-corrected chi connectivity index (χ3v) is 5.61. The summed E-state index contributed by atoms with van der Waals surface area (Å²) in [5.74, 6) is 0.266. The van der Waals surface area contributed by atoms with Gasteiger partial charge in [-0.1, -0.05) is 6.92 Å². The Morgan fingerprint density at radius 1 is 1.33 bits per heavy atom. The molecular formula is C20H28FN3O3. The van der Waals surface area contributed by atoms with Gasteiger partial charge >= 0.3 is 6.03 Å². The number of benzene rings is 1. The Kier molecular flexibility index (Phi) is 5.87. The summed E-state index contributed by atoms with van der Waals surface area (Å²) in [6.07, 6.45) is 3.19. The third kappa shape index (κ3) is 4.01. The maximum absolute atomic E-state index is 14.2. The maximum atomic E-state index is 14.2. The van der Waals surface area contributed by atoms with Crippen LogP contribution >= 0.6 is 0 Å². The molecule has 2 saturated heterocycles. The summed E-state index contributed by atoms with van der Waals surface area (Å²) in [6.45, 7) is 4.51. The maximum Gasteiger partial charge on any atom is 0.317 e. The number of carbonyl (C=O) groups is 2. The van der Waals surface area contributed by atoms with Gasteiger partial charge in [0, 0.05) is 38.3 Å². The quantitative estimate of drug-likeness (QED) is 0.858. The van der Waals surface area contributed by atoms with Gasteiger partial charge < -0.3 is 19.9 Å². The number of ether oxygens (including phenoxy) is 1. The van der Waals surface area contributed by atoms with Crippen molar-refractivity contribution in [3.63, 3.8) is 0 Å². The van der Waals surface area contributed by atoms with Gasteiger partial charge in [-0.05, 0) is 43.9 Å². The molecule has 1 spiro atoms. The molecule has 6 nitrogen and oxygen atoms in total. The number of hydrogen-bond donors (Lipinski definition) is 1. The monoisotopic (exact) mass is 377 g/mol. The standard InChI is InChI=1S/C20H28FN3O3/c1-3-9-22-19(26)24-11-8-20(14-24)7-4-10-23(18(20)25)13-15-12-16(27-2)5-6-17(15)21/h5-6,12H,3-4,7-11,13-14H2,1-2H3,(H,22,26). The van der Waals surface area contributed by atoms with Crippen LogP contribution in [0.4, 0.5) is 9.18 Å². The number of halogens is 1. The molecule has 2 fully saturated rings. The molecule has 1 unspecified atom stereocenters. The van der Waals surface area contributed by atoms with Crippen molar-refractivity contribution >= 4 is 11.9 Å². The lowest BCUT2D eigenvalue weighted by Crippen LogP contribution is -2.50. The number of carbonyl (C=O) groups excluding carboxylic acids is 2. The number of urea groups is 1. The molecule has 3 rings (SSSR count). The Balaban J connectivity index is 1.70. The Morgan fingerprint density at radius 2 is 2.15 bits per heavy atom. The first kappa shape index (κ1) is 19.5. The van der Waals surface area contributed by atoms with Gasteiger partial charge in [0.25, 0.3) is 0 Å². The van der Waals surface area contributed by atoms with E-state index < -0.39 is 5.41 Å². The molecule has 0 bridgehead atoms. The van der Waals surface area contributed by atoms with Crippen molar-refractivity contribution in [1.29, 1.82) is 0 Å². The first-order valence-electron chi connectivity index (χ1n) is 9.63. The Morgan fingerprint density at radius 3 is 2.89 bits per heavy atom. The number of rotatable bonds is 5. The van der Waals surface area contributed by atoms with Crippen LogP contribution in [0.25, 0.3) is 0 Å². The zero-order valence-electron chi connectivity index (χ0n) is 16.1. The molecule has 3 amide bonds. The van der Waals surface area contributed by atoms with E-state index in [0.717, 1.165) is 19.3 Å². The molecule has 148 valence electrons. The minimum Gasteiger partial charge on any atom is -0.497 e. The fourth-order valence-electron chi connectivity index (χ4n) is 4.08. The summed E-state index contributed by atoms with van der Waals surface area (Å²) in [5.41, 5.74) is -0.0766. The second-order valence-electron chi connectivity index (χ2n) is 7.47. The summed E-state index contributed by atoms with van der Waals surface area (Å²) in [6, 6.07) is 4.48. The fraction of sp³-hybridized carbons (Fsp3) is 0.600. The third-order valence-electron chi connectivity index (χ3n) is 5.61. The molecular weight excluding hydrogens is 349 g/mol. The highest BCUT2D eigenvalue weighted by atomic mass is 19.1. The van der Waals surface area contributed by atoms with Gasteiger partial charge in [-0.15, -0.1) is 0 Å². The zero-order chi connectivity index (χ0) is 19.4. The summed E-state index contributed by atoms with van der Waals surface area (Å²) >= 11 is 0. The number of amides is 3. The van der Waals surface area contributed by atoms with Crippen LogP contribution in [0.1, 0.15) is 38.2 Å². The van der Waals surface area contributed by atoms with Crippen molar-refractivity contribution in [2.45, 2.75) is 39.2 Å². The van der Waals surface area contributed by atoms with E-state index in [9.17, 15) is 14.0 Å². The van der Waals surface area contributed by atoms with E-state index in [4.69, 9.17) is 4.74 Å². The van der Waals surface area contributed by atoms with Crippen molar-refractivity contribution in [1.82, 2.24) is 15.1 Å². The highest BCUT2D eigenvalue weighted by molar-refractivity contribution is 5.85. The van der Waals surface area contributed by atoms with Gasteiger partial charge in [0.1, 0.15) is 11.6 Å². The molecule has 2 aliphatic rings. The van der Waals surface area contributed by atoms with Crippen molar-refractivity contribution < 1.29 is 18.7 Å². The van der Waals surface area contributed by atoms with E-state index in [-0.39, 0.29) is 24.3 Å². The van der Waals surface area contributed by atoms with Crippen molar-refractivity contribution in [2.75, 3.05) is 33.3 Å². The largest absolute Gasteiger partial charge is 0.497 e. The van der Waals surface area contributed by atoms with Crippen LogP contribution in [0.2, 0.25) is 0 Å². The number of hydrogen-bond acceptors (Lipinski definition) is 3. The number of nitrogens with one attached hydrogen (secondary N) is 1. The van der Waals surface area contributed by atoms with Crippen molar-refractivity contribution in [2.24, 2.45) is 5.41 Å². The number of piperidine rings is 1. The number of methoxy groups -OCH3 is 1. The van der Waals surface area contributed by atoms with Crippen LogP contribution in [0.3, 0.4) is 0 Å². The minimum absolute atomic E-state index is 0.0294. The van der Waals surface area contributed by atoms with E-state index in [0.29, 0.717) is 43.9 Å². The van der Waals surface area contributed by atoms with Crippen LogP contribution in [0.15, 0.2) is 18.2 Å². The lowest BCUT2D eigenvalue weighted by molar-refractivity contribution is -0.146. The van der Waals surface area contributed by atoms with E-state index >= 15 is 0 Å². The molecule has 0 radical (unpaired) electrons. The molecule has 0 aromatic heterocycles. The SMILES string of the molecule is CCCNC(=O)N1CCC2(CCCN(Cc3cc(OC)ccc3F)C2=O)C1. The Hall–Kier alpha value is -2.31. The van der Waals surface area contributed by atoms with Gasteiger partial charge in [-0.2, -0.15) is 0 Å². The van der Waals surface area contributed by atoms with Gasteiger partial charge in [-0.3, -0.25) is 4.79 Å². The predicted molar refractivity (Wildman–Crippen MR) is 99.9 cm³/mol. The van der Waals surface area contributed by atoms with Crippen LogP contribution in [-0.2, 0) is 11.3 Å².